The minimum absolute atomic E-state index is 0.147. The molecule has 0 aromatic heterocycles. The van der Waals surface area contributed by atoms with Gasteiger partial charge >= 0.3 is 0 Å². The van der Waals surface area contributed by atoms with Crippen LogP contribution in [-0.4, -0.2) is 12.7 Å². The Hall–Kier alpha value is -2.22. The Morgan fingerprint density at radius 2 is 1.44 bits per heavy atom. The molecule has 0 N–H and O–H groups in total. The predicted octanol–water partition coefficient (Wildman–Crippen LogP) is 8.06. The maximum Gasteiger partial charge on any atom is 0.177 e. The molecule has 8 heteroatoms. The molecule has 1 aliphatic carbocycles. The molecule has 188 valence electrons. The lowest BCUT2D eigenvalue weighted by molar-refractivity contribution is -0.0524. The molecule has 0 spiro atoms. The van der Waals surface area contributed by atoms with Crippen molar-refractivity contribution >= 4 is 0 Å². The predicted molar refractivity (Wildman–Crippen MR) is 117 cm³/mol. The van der Waals surface area contributed by atoms with Gasteiger partial charge in [0.15, 0.2) is 5.75 Å². The highest BCUT2D eigenvalue weighted by Gasteiger charge is 2.31. The highest BCUT2D eigenvalue weighted by molar-refractivity contribution is 5.29. The van der Waals surface area contributed by atoms with E-state index in [4.69, 9.17) is 4.74 Å². The van der Waals surface area contributed by atoms with Crippen molar-refractivity contribution in [3.63, 3.8) is 0 Å². The summed E-state index contributed by atoms with van der Waals surface area (Å²) in [6.45, 7) is 3.23. The van der Waals surface area contributed by atoms with E-state index in [2.05, 4.69) is 11.9 Å². The Morgan fingerprint density at radius 1 is 0.853 bits per heavy atom. The maximum absolute atomic E-state index is 13.8. The van der Waals surface area contributed by atoms with E-state index in [1.165, 1.54) is 25.5 Å². The summed E-state index contributed by atoms with van der Waals surface area (Å²) < 4.78 is 82.6. The van der Waals surface area contributed by atoms with Crippen molar-refractivity contribution in [1.82, 2.24) is 0 Å². The molecule has 2 atom stereocenters. The van der Waals surface area contributed by atoms with Crippen LogP contribution in [0, 0.1) is 42.0 Å². The number of rotatable bonds is 4. The molecule has 2 unspecified atom stereocenters. The second-order valence-electron chi connectivity index (χ2n) is 9.35. The van der Waals surface area contributed by atoms with E-state index in [9.17, 15) is 26.5 Å². The van der Waals surface area contributed by atoms with Crippen LogP contribution < -0.4 is 4.94 Å². The Balaban J connectivity index is 0.000000248. The first-order valence-electron chi connectivity index (χ1n) is 11.6. The molecular weight excluding hydrogens is 458 g/mol. The molecule has 1 saturated carbocycles. The minimum Gasteiger partial charge on any atom is -0.378 e. The molecule has 0 radical (unpaired) electrons. The third-order valence-electron chi connectivity index (χ3n) is 6.95. The van der Waals surface area contributed by atoms with Crippen molar-refractivity contribution in [3.05, 3.63) is 64.2 Å². The van der Waals surface area contributed by atoms with Gasteiger partial charge in [-0.3, -0.25) is 4.94 Å². The molecule has 0 amide bonds. The largest absolute Gasteiger partial charge is 0.378 e. The lowest BCUT2D eigenvalue weighted by atomic mass is 9.75. The Kier molecular flexibility index (Phi) is 9.28. The van der Waals surface area contributed by atoms with Crippen LogP contribution in [0.15, 0.2) is 24.3 Å². The van der Waals surface area contributed by atoms with Crippen LogP contribution >= 0.6 is 0 Å². The molecule has 2 aliphatic rings. The summed E-state index contributed by atoms with van der Waals surface area (Å²) in [5.41, 5.74) is 0.0757. The first-order chi connectivity index (χ1) is 16.2. The molecule has 2 aromatic carbocycles. The molecular formula is C26H30F6O2. The lowest BCUT2D eigenvalue weighted by Gasteiger charge is -2.37. The summed E-state index contributed by atoms with van der Waals surface area (Å²) in [7, 11) is 0. The fourth-order valence-electron chi connectivity index (χ4n) is 4.75. The Bertz CT molecular complexity index is 904. The fraction of sp³-hybridized carbons (Fsp3) is 0.538. The SMILES string of the molecule is CC1CCC(C2CCC(c3cc(F)c(CF)c(F)c3)CC2)OC1.Cc1c(F)cc(OF)cc1F. The number of hydrogen-bond acceptors (Lipinski definition) is 2. The van der Waals surface area contributed by atoms with Crippen LogP contribution in [0.2, 0.25) is 0 Å². The Labute approximate surface area is 196 Å². The summed E-state index contributed by atoms with van der Waals surface area (Å²) in [5, 5.41) is 0. The van der Waals surface area contributed by atoms with Gasteiger partial charge in [0.1, 0.15) is 29.9 Å². The van der Waals surface area contributed by atoms with Crippen molar-refractivity contribution in [3.8, 4) is 5.75 Å². The van der Waals surface area contributed by atoms with Gasteiger partial charge < -0.3 is 4.74 Å². The molecule has 4 rings (SSSR count). The second kappa shape index (κ2) is 12.0. The molecule has 2 aromatic rings. The van der Waals surface area contributed by atoms with Gasteiger partial charge in [0.2, 0.25) is 0 Å². The molecule has 1 aliphatic heterocycles. The van der Waals surface area contributed by atoms with Crippen molar-refractivity contribution in [2.75, 3.05) is 6.61 Å². The maximum atomic E-state index is 13.8. The average molecular weight is 489 g/mol. The minimum atomic E-state index is -1.10. The standard InChI is InChI=1S/C19H25F3O.C7H5F3O/c1-12-2-7-19(23-11-12)14-5-3-13(4-6-14)15-8-17(21)16(10-20)18(22)9-15;1-4-6(8)2-5(11-10)3-7(4)9/h8-9,12-14,19H,2-7,10-11H2,1H3;2-3H,1H3. The van der Waals surface area contributed by atoms with Gasteiger partial charge in [0.25, 0.3) is 0 Å². The molecule has 34 heavy (non-hydrogen) atoms. The zero-order chi connectivity index (χ0) is 24.8. The molecule has 0 bridgehead atoms. The van der Waals surface area contributed by atoms with E-state index in [1.54, 1.807) is 0 Å². The van der Waals surface area contributed by atoms with Crippen LogP contribution in [0.1, 0.15) is 68.1 Å². The fourth-order valence-corrected chi connectivity index (χ4v) is 4.75. The van der Waals surface area contributed by atoms with Crippen LogP contribution in [-0.2, 0) is 11.4 Å². The van der Waals surface area contributed by atoms with Gasteiger partial charge in [-0.1, -0.05) is 6.92 Å². The smallest absolute Gasteiger partial charge is 0.177 e. The van der Waals surface area contributed by atoms with Crippen molar-refractivity contribution in [2.45, 2.75) is 71.1 Å². The molecule has 1 heterocycles. The van der Waals surface area contributed by atoms with Crippen LogP contribution in [0.4, 0.5) is 26.5 Å². The summed E-state index contributed by atoms with van der Waals surface area (Å²) in [5.74, 6) is -2.23. The van der Waals surface area contributed by atoms with E-state index in [0.29, 0.717) is 23.5 Å². The topological polar surface area (TPSA) is 18.5 Å². The third kappa shape index (κ3) is 6.46. The number of benzene rings is 2. The highest BCUT2D eigenvalue weighted by Crippen LogP contribution is 2.40. The van der Waals surface area contributed by atoms with Crippen molar-refractivity contribution in [2.24, 2.45) is 11.8 Å². The van der Waals surface area contributed by atoms with Gasteiger partial charge in [0.05, 0.1) is 11.7 Å². The van der Waals surface area contributed by atoms with Crippen LogP contribution in [0.25, 0.3) is 0 Å². The second-order valence-corrected chi connectivity index (χ2v) is 9.35. The molecule has 2 fully saturated rings. The van der Waals surface area contributed by atoms with E-state index in [0.717, 1.165) is 50.8 Å². The zero-order valence-corrected chi connectivity index (χ0v) is 19.4. The highest BCUT2D eigenvalue weighted by atomic mass is 19.3. The first kappa shape index (κ1) is 26.4. The molecule has 2 nitrogen and oxygen atoms in total. The monoisotopic (exact) mass is 488 g/mol. The van der Waals surface area contributed by atoms with Crippen LogP contribution in [0.3, 0.4) is 0 Å². The number of halogens is 6. The number of alkyl halides is 1. The summed E-state index contributed by atoms with van der Waals surface area (Å²) in [6.07, 6.45) is 6.64. The van der Waals surface area contributed by atoms with Crippen molar-refractivity contribution in [1.29, 1.82) is 0 Å². The first-order valence-corrected chi connectivity index (χ1v) is 11.6. The van der Waals surface area contributed by atoms with Crippen molar-refractivity contribution < 1.29 is 36.2 Å². The van der Waals surface area contributed by atoms with Gasteiger partial charge in [-0.15, -0.1) is 0 Å². The normalized spacial score (nSPS) is 24.8. The van der Waals surface area contributed by atoms with Gasteiger partial charge in [-0.05, 0) is 80.9 Å². The summed E-state index contributed by atoms with van der Waals surface area (Å²) in [4.78, 5) is 3.15. The average Bonchev–Trinajstić information content (AvgIpc) is 2.83. The third-order valence-corrected chi connectivity index (χ3v) is 6.95. The summed E-state index contributed by atoms with van der Waals surface area (Å²) >= 11 is 0. The van der Waals surface area contributed by atoms with E-state index in [-0.39, 0.29) is 11.5 Å². The lowest BCUT2D eigenvalue weighted by Crippen LogP contribution is -2.33. The van der Waals surface area contributed by atoms with Gasteiger partial charge in [-0.2, -0.15) is 0 Å². The van der Waals surface area contributed by atoms with E-state index < -0.39 is 41.3 Å². The molecule has 1 saturated heterocycles. The number of hydrogen-bond donors (Lipinski definition) is 0. The van der Waals surface area contributed by atoms with Crippen LogP contribution in [0.5, 0.6) is 5.75 Å². The quantitative estimate of drug-likeness (QED) is 0.405. The zero-order valence-electron chi connectivity index (χ0n) is 19.4. The number of ether oxygens (including phenoxy) is 1. The van der Waals surface area contributed by atoms with Gasteiger partial charge in [-0.25, -0.2) is 22.0 Å². The Morgan fingerprint density at radius 3 is 1.91 bits per heavy atom. The summed E-state index contributed by atoms with van der Waals surface area (Å²) in [6, 6.07) is 4.19. The van der Waals surface area contributed by atoms with E-state index in [1.807, 2.05) is 0 Å². The van der Waals surface area contributed by atoms with Gasteiger partial charge in [0, 0.05) is 28.8 Å². The van der Waals surface area contributed by atoms with E-state index >= 15 is 0 Å².